The van der Waals surface area contributed by atoms with Gasteiger partial charge in [0.2, 0.25) is 0 Å². The van der Waals surface area contributed by atoms with Crippen molar-refractivity contribution in [3.05, 3.63) is 6.07 Å². The van der Waals surface area contributed by atoms with Gasteiger partial charge in [-0.2, -0.15) is 4.98 Å². The summed E-state index contributed by atoms with van der Waals surface area (Å²) in [5.74, 6) is 0.881. The summed E-state index contributed by atoms with van der Waals surface area (Å²) < 4.78 is 1.55. The van der Waals surface area contributed by atoms with Crippen LogP contribution in [0.2, 0.25) is 0 Å². The van der Waals surface area contributed by atoms with E-state index in [-0.39, 0.29) is 23.9 Å². The first-order valence-electron chi connectivity index (χ1n) is 8.92. The first-order chi connectivity index (χ1) is 11.9. The van der Waals surface area contributed by atoms with Crippen LogP contribution in [0.1, 0.15) is 41.0 Å². The van der Waals surface area contributed by atoms with Crippen molar-refractivity contribution in [1.29, 1.82) is 0 Å². The molecule has 0 radical (unpaired) electrons. The molecule has 0 aliphatic heterocycles. The molecule has 2 aromatic heterocycles. The van der Waals surface area contributed by atoms with Gasteiger partial charge in [0, 0.05) is 24.7 Å². The minimum absolute atomic E-state index is 0.142. The number of nitrogen functional groups attached to an aromatic ring is 1. The lowest BCUT2D eigenvalue weighted by Crippen LogP contribution is -2.39. The van der Waals surface area contributed by atoms with E-state index in [0.29, 0.717) is 16.9 Å². The van der Waals surface area contributed by atoms with E-state index < -0.39 is 5.60 Å². The summed E-state index contributed by atoms with van der Waals surface area (Å²) in [5.41, 5.74) is 6.23. The number of hydrogen-bond acceptors (Lipinski definition) is 7. The number of nitrogens with two attached hydrogens (primary N) is 1. The van der Waals surface area contributed by atoms with Crippen LogP contribution >= 0.6 is 0 Å². The summed E-state index contributed by atoms with van der Waals surface area (Å²) in [4.78, 5) is 10.7. The highest BCUT2D eigenvalue weighted by Crippen LogP contribution is 2.28. The fraction of sp³-hybridized carbons (Fsp3) is 0.667. The number of aromatic hydroxyl groups is 1. The SMILES string of the molecule is CN(CCCNc1cc2c(nc(O)n2CC(C)(C)O)c(N)n1)C(C)(C)C. The Bertz CT molecular complexity index is 758. The molecule has 2 aromatic rings. The molecule has 0 unspecified atom stereocenters. The zero-order chi connectivity index (χ0) is 19.7. The van der Waals surface area contributed by atoms with Crippen LogP contribution in [0.25, 0.3) is 11.0 Å². The number of nitrogens with one attached hydrogen (secondary N) is 1. The average molecular weight is 364 g/mol. The van der Waals surface area contributed by atoms with E-state index in [1.807, 2.05) is 0 Å². The molecule has 146 valence electrons. The Morgan fingerprint density at radius 1 is 1.23 bits per heavy atom. The average Bonchev–Trinajstić information content (AvgIpc) is 2.78. The lowest BCUT2D eigenvalue weighted by atomic mass is 10.1. The molecule has 8 nitrogen and oxygen atoms in total. The fourth-order valence-electron chi connectivity index (χ4n) is 2.63. The molecule has 2 rings (SSSR count). The summed E-state index contributed by atoms with van der Waals surface area (Å²) in [6.45, 7) is 11.8. The van der Waals surface area contributed by atoms with Gasteiger partial charge in [0.05, 0.1) is 17.7 Å². The van der Waals surface area contributed by atoms with Gasteiger partial charge in [0.1, 0.15) is 11.3 Å². The second-order valence-corrected chi connectivity index (χ2v) is 8.44. The Labute approximate surface area is 155 Å². The molecule has 2 heterocycles. The highest BCUT2D eigenvalue weighted by atomic mass is 16.3. The number of rotatable bonds is 7. The predicted molar refractivity (Wildman–Crippen MR) is 105 cm³/mol. The first-order valence-corrected chi connectivity index (χ1v) is 8.92. The Hall–Kier alpha value is -2.06. The smallest absolute Gasteiger partial charge is 0.295 e. The lowest BCUT2D eigenvalue weighted by Gasteiger charge is -2.31. The number of aliphatic hydroxyl groups is 1. The molecule has 0 aliphatic carbocycles. The molecule has 0 fully saturated rings. The number of nitrogens with zero attached hydrogens (tertiary/aromatic N) is 4. The van der Waals surface area contributed by atoms with Gasteiger partial charge < -0.3 is 26.2 Å². The third-order valence-corrected chi connectivity index (χ3v) is 4.41. The maximum absolute atomic E-state index is 10.1. The third kappa shape index (κ3) is 4.98. The van der Waals surface area contributed by atoms with Crippen LogP contribution in [0.4, 0.5) is 11.6 Å². The first kappa shape index (κ1) is 20.3. The molecule has 5 N–H and O–H groups in total. The topological polar surface area (TPSA) is 112 Å². The molecule has 0 spiro atoms. The Kier molecular flexibility index (Phi) is 5.67. The maximum atomic E-state index is 10.1. The van der Waals surface area contributed by atoms with Crippen molar-refractivity contribution in [2.75, 3.05) is 31.2 Å². The van der Waals surface area contributed by atoms with Crippen LogP contribution in [0.15, 0.2) is 6.07 Å². The second-order valence-electron chi connectivity index (χ2n) is 8.44. The highest BCUT2D eigenvalue weighted by Gasteiger charge is 2.21. The van der Waals surface area contributed by atoms with E-state index in [1.54, 1.807) is 24.5 Å². The van der Waals surface area contributed by atoms with Gasteiger partial charge in [0.25, 0.3) is 6.01 Å². The highest BCUT2D eigenvalue weighted by molar-refractivity contribution is 5.88. The molecule has 0 amide bonds. The minimum Gasteiger partial charge on any atom is -0.480 e. The van der Waals surface area contributed by atoms with Crippen molar-refractivity contribution in [1.82, 2.24) is 19.4 Å². The second kappa shape index (κ2) is 7.28. The number of imidazole rings is 1. The predicted octanol–water partition coefficient (Wildman–Crippen LogP) is 2.02. The summed E-state index contributed by atoms with van der Waals surface area (Å²) in [5, 5.41) is 23.5. The minimum atomic E-state index is -0.992. The molecule has 0 aromatic carbocycles. The lowest BCUT2D eigenvalue weighted by molar-refractivity contribution is 0.0602. The molecular formula is C18H32N6O2. The number of pyridine rings is 1. The van der Waals surface area contributed by atoms with E-state index >= 15 is 0 Å². The van der Waals surface area contributed by atoms with Crippen LogP contribution in [0.5, 0.6) is 6.01 Å². The summed E-state index contributed by atoms with van der Waals surface area (Å²) >= 11 is 0. The quantitative estimate of drug-likeness (QED) is 0.556. The van der Waals surface area contributed by atoms with Gasteiger partial charge >= 0.3 is 0 Å². The van der Waals surface area contributed by atoms with E-state index in [4.69, 9.17) is 5.73 Å². The molecule has 0 saturated carbocycles. The molecule has 26 heavy (non-hydrogen) atoms. The number of anilines is 2. The van der Waals surface area contributed by atoms with Gasteiger partial charge in [-0.25, -0.2) is 4.98 Å². The molecule has 0 saturated heterocycles. The normalized spacial score (nSPS) is 12.9. The van der Waals surface area contributed by atoms with Gasteiger partial charge in [-0.15, -0.1) is 0 Å². The van der Waals surface area contributed by atoms with Crippen LogP contribution < -0.4 is 11.1 Å². The standard InChI is InChI=1S/C18H32N6O2/c1-17(2,3)23(6)9-7-8-20-13-10-12-14(15(19)21-13)22-16(25)24(12)11-18(4,5)26/h10,26H,7-9,11H2,1-6H3,(H,22,25)(H3,19,20,21). The number of aromatic nitrogens is 3. The van der Waals surface area contributed by atoms with E-state index in [9.17, 15) is 10.2 Å². The molecule has 8 heteroatoms. The zero-order valence-corrected chi connectivity index (χ0v) is 16.7. The Balaban J connectivity index is 2.13. The van der Waals surface area contributed by atoms with Crippen molar-refractivity contribution in [2.45, 2.75) is 58.7 Å². The fourth-order valence-corrected chi connectivity index (χ4v) is 2.63. The monoisotopic (exact) mass is 364 g/mol. The van der Waals surface area contributed by atoms with Crippen LogP contribution in [-0.4, -0.2) is 60.9 Å². The van der Waals surface area contributed by atoms with Crippen LogP contribution in [-0.2, 0) is 6.54 Å². The van der Waals surface area contributed by atoms with Gasteiger partial charge in [-0.1, -0.05) is 0 Å². The molecule has 0 aliphatic rings. The summed E-state index contributed by atoms with van der Waals surface area (Å²) in [6, 6.07) is 1.62. The summed E-state index contributed by atoms with van der Waals surface area (Å²) in [6.07, 6.45) is 0.960. The van der Waals surface area contributed by atoms with E-state index in [0.717, 1.165) is 19.5 Å². The van der Waals surface area contributed by atoms with Gasteiger partial charge in [-0.05, 0) is 48.1 Å². The van der Waals surface area contributed by atoms with Crippen molar-refractivity contribution in [3.63, 3.8) is 0 Å². The number of fused-ring (bicyclic) bond motifs is 1. The van der Waals surface area contributed by atoms with Crippen molar-refractivity contribution in [3.8, 4) is 6.01 Å². The largest absolute Gasteiger partial charge is 0.480 e. The van der Waals surface area contributed by atoms with Crippen LogP contribution in [0, 0.1) is 0 Å². The Morgan fingerprint density at radius 3 is 2.46 bits per heavy atom. The van der Waals surface area contributed by atoms with Gasteiger partial charge in [-0.3, -0.25) is 4.57 Å². The van der Waals surface area contributed by atoms with Crippen LogP contribution in [0.3, 0.4) is 0 Å². The van der Waals surface area contributed by atoms with Gasteiger partial charge in [0.15, 0.2) is 5.82 Å². The molecular weight excluding hydrogens is 332 g/mol. The molecule has 0 atom stereocenters. The number of hydrogen-bond donors (Lipinski definition) is 4. The van der Waals surface area contributed by atoms with E-state index in [1.165, 1.54) is 0 Å². The maximum Gasteiger partial charge on any atom is 0.295 e. The zero-order valence-electron chi connectivity index (χ0n) is 16.7. The van der Waals surface area contributed by atoms with Crippen molar-refractivity contribution < 1.29 is 10.2 Å². The third-order valence-electron chi connectivity index (χ3n) is 4.41. The van der Waals surface area contributed by atoms with Crippen molar-refractivity contribution in [2.24, 2.45) is 0 Å². The van der Waals surface area contributed by atoms with E-state index in [2.05, 4.69) is 48.0 Å². The van der Waals surface area contributed by atoms with Crippen molar-refractivity contribution >= 4 is 22.7 Å². The molecule has 0 bridgehead atoms. The summed E-state index contributed by atoms with van der Waals surface area (Å²) in [7, 11) is 2.11. The Morgan fingerprint density at radius 2 is 1.88 bits per heavy atom.